The molecule has 2 aromatic carbocycles. The Morgan fingerprint density at radius 2 is 1.37 bits per heavy atom. The van der Waals surface area contributed by atoms with E-state index in [1.165, 1.54) is 11.8 Å². The minimum Gasteiger partial charge on any atom is -0.744 e. The Labute approximate surface area is 249 Å². The van der Waals surface area contributed by atoms with Crippen LogP contribution in [0.1, 0.15) is 64.5 Å². The molecule has 0 amide bonds. The Morgan fingerprint density at radius 1 is 0.816 bits per heavy atom. The van der Waals surface area contributed by atoms with E-state index in [4.69, 9.17) is 0 Å². The number of hydrogen-bond donors (Lipinski definition) is 0. The maximum absolute atomic E-state index is 12.3. The van der Waals surface area contributed by atoms with Crippen LogP contribution in [0.5, 0.6) is 0 Å². The zero-order valence-corrected chi connectivity index (χ0v) is 26.5. The van der Waals surface area contributed by atoms with Gasteiger partial charge in [-0.1, -0.05) is 23.8 Å². The van der Waals surface area contributed by atoms with Crippen LogP contribution < -0.4 is 34.5 Å². The van der Waals surface area contributed by atoms with Crippen LogP contribution in [0, 0.1) is 0 Å². The van der Waals surface area contributed by atoms with E-state index >= 15 is 0 Å². The molecule has 0 atom stereocenters. The molecular weight excluding hydrogens is 535 g/mol. The molecule has 0 bridgehead atoms. The van der Waals surface area contributed by atoms with Crippen molar-refractivity contribution in [3.05, 3.63) is 59.2 Å². The Morgan fingerprint density at radius 3 is 1.82 bits per heavy atom. The number of allylic oxidation sites excluding steroid dienone is 1. The summed E-state index contributed by atoms with van der Waals surface area (Å²) < 4.78 is 74.0. The average molecular weight is 571 g/mol. The fourth-order valence-corrected chi connectivity index (χ4v) is 6.41. The molecule has 8 nitrogen and oxygen atoms in total. The van der Waals surface area contributed by atoms with Crippen molar-refractivity contribution in [2.75, 3.05) is 31.1 Å². The average Bonchev–Trinajstić information content (AvgIpc) is 2.86. The number of hydrogen-bond acceptors (Lipinski definition) is 7. The fourth-order valence-electron chi connectivity index (χ4n) is 5.13. The van der Waals surface area contributed by atoms with Gasteiger partial charge in [-0.15, -0.1) is 0 Å². The van der Waals surface area contributed by atoms with Crippen LogP contribution >= 0.6 is 0 Å². The summed E-state index contributed by atoms with van der Waals surface area (Å²) in [6.45, 7) is 11.8. The fraction of sp³-hybridized carbons (Fsp3) is 0.444. The summed E-state index contributed by atoms with van der Waals surface area (Å²) in [6.07, 6.45) is 2.98. The molecule has 0 aromatic heterocycles. The van der Waals surface area contributed by atoms with Crippen LogP contribution in [0.3, 0.4) is 0 Å². The van der Waals surface area contributed by atoms with Crippen molar-refractivity contribution < 1.29 is 60.1 Å². The topological polar surface area (TPSA) is 121 Å². The summed E-state index contributed by atoms with van der Waals surface area (Å²) in [6, 6.07) is 10.8. The van der Waals surface area contributed by atoms with E-state index in [2.05, 4.69) is 37.2 Å². The summed E-state index contributed by atoms with van der Waals surface area (Å²) in [5.74, 6) is 0. The number of nitrogens with zero attached hydrogens (tertiary/aromatic N) is 2. The van der Waals surface area contributed by atoms with Crippen LogP contribution in [-0.2, 0) is 20.2 Å². The minimum atomic E-state index is -5.08. The molecule has 1 aliphatic carbocycles. The summed E-state index contributed by atoms with van der Waals surface area (Å²) >= 11 is 0. The molecule has 0 aliphatic heterocycles. The summed E-state index contributed by atoms with van der Waals surface area (Å²) in [4.78, 5) is 0.746. The van der Waals surface area contributed by atoms with Crippen LogP contribution in [-0.4, -0.2) is 62.4 Å². The van der Waals surface area contributed by atoms with E-state index in [9.17, 15) is 25.9 Å². The maximum Gasteiger partial charge on any atom is 1.00 e. The van der Waals surface area contributed by atoms with Crippen molar-refractivity contribution in [3.63, 3.8) is 0 Å². The number of anilines is 1. The minimum absolute atomic E-state index is 0. The molecule has 1 saturated carbocycles. The maximum atomic E-state index is 12.3. The molecule has 0 radical (unpaired) electrons. The molecule has 11 heteroatoms. The second-order valence-corrected chi connectivity index (χ2v) is 11.7. The quantitative estimate of drug-likeness (QED) is 0.253. The Balaban J connectivity index is 0.00000507. The third-order valence-electron chi connectivity index (χ3n) is 7.06. The molecule has 1 fully saturated rings. The SMILES string of the molecule is CCN(CC)c1ccc(C(=C2CCC(=[N+](CC)CC)CC2)c2ccc(S(=O)(=O)[O-])cc2S(=O)(=O)[O-])cc1.[Na+]. The molecule has 0 unspecified atom stereocenters. The monoisotopic (exact) mass is 570 g/mol. The third-order valence-corrected chi connectivity index (χ3v) is 8.77. The van der Waals surface area contributed by atoms with Crippen molar-refractivity contribution >= 4 is 37.2 Å². The van der Waals surface area contributed by atoms with E-state index in [1.54, 1.807) is 0 Å². The third kappa shape index (κ3) is 7.56. The summed E-state index contributed by atoms with van der Waals surface area (Å²) in [7, 11) is -10.0. The first kappa shape index (κ1) is 32.7. The zero-order chi connectivity index (χ0) is 27.4. The molecule has 3 rings (SSSR count). The Kier molecular flexibility index (Phi) is 11.8. The van der Waals surface area contributed by atoms with Crippen LogP contribution in [0.4, 0.5) is 5.69 Å². The predicted molar refractivity (Wildman–Crippen MR) is 143 cm³/mol. The van der Waals surface area contributed by atoms with E-state index < -0.39 is 30.0 Å². The Hall–Kier alpha value is -1.53. The van der Waals surface area contributed by atoms with E-state index in [1.807, 2.05) is 24.3 Å². The first-order valence-corrected chi connectivity index (χ1v) is 15.5. The van der Waals surface area contributed by atoms with Gasteiger partial charge in [-0.3, -0.25) is 0 Å². The van der Waals surface area contributed by atoms with Gasteiger partial charge in [0.2, 0.25) is 0 Å². The molecule has 202 valence electrons. The molecule has 0 spiro atoms. The van der Waals surface area contributed by atoms with Gasteiger partial charge in [0.25, 0.3) is 0 Å². The largest absolute Gasteiger partial charge is 1.00 e. The van der Waals surface area contributed by atoms with Crippen molar-refractivity contribution in [2.24, 2.45) is 0 Å². The van der Waals surface area contributed by atoms with Crippen molar-refractivity contribution in [3.8, 4) is 0 Å². The molecular formula is C27H35N2NaO6S2. The first-order valence-electron chi connectivity index (χ1n) is 12.7. The number of rotatable bonds is 9. The van der Waals surface area contributed by atoms with E-state index in [-0.39, 0.29) is 35.1 Å². The van der Waals surface area contributed by atoms with Crippen LogP contribution in [0.25, 0.3) is 5.57 Å². The van der Waals surface area contributed by atoms with Crippen molar-refractivity contribution in [1.82, 2.24) is 0 Å². The first-order chi connectivity index (χ1) is 17.4. The molecule has 0 heterocycles. The van der Waals surface area contributed by atoms with Gasteiger partial charge in [0, 0.05) is 31.6 Å². The molecule has 38 heavy (non-hydrogen) atoms. The molecule has 2 aromatic rings. The van der Waals surface area contributed by atoms with E-state index in [0.29, 0.717) is 24.5 Å². The van der Waals surface area contributed by atoms with Gasteiger partial charge in [-0.25, -0.2) is 21.4 Å². The summed E-state index contributed by atoms with van der Waals surface area (Å²) in [5.41, 5.74) is 4.82. The molecule has 0 N–H and O–H groups in total. The normalized spacial score (nSPS) is 14.2. The molecule has 0 saturated heterocycles. The van der Waals surface area contributed by atoms with E-state index in [0.717, 1.165) is 61.9 Å². The van der Waals surface area contributed by atoms with Crippen molar-refractivity contribution in [1.29, 1.82) is 0 Å². The smallest absolute Gasteiger partial charge is 0.744 e. The van der Waals surface area contributed by atoms with Crippen molar-refractivity contribution in [2.45, 2.75) is 63.2 Å². The van der Waals surface area contributed by atoms with Gasteiger partial charge < -0.3 is 14.0 Å². The van der Waals surface area contributed by atoms with Crippen LogP contribution in [0.2, 0.25) is 0 Å². The van der Waals surface area contributed by atoms with Gasteiger partial charge in [-0.05, 0) is 81.5 Å². The second-order valence-electron chi connectivity index (χ2n) is 9.00. The van der Waals surface area contributed by atoms with Crippen LogP contribution in [0.15, 0.2) is 57.8 Å². The number of benzene rings is 2. The van der Waals surface area contributed by atoms with Gasteiger partial charge in [0.05, 0.1) is 9.79 Å². The Bertz CT molecular complexity index is 1390. The van der Waals surface area contributed by atoms with Gasteiger partial charge in [0.1, 0.15) is 33.3 Å². The van der Waals surface area contributed by atoms with Gasteiger partial charge in [0.15, 0.2) is 5.71 Å². The van der Waals surface area contributed by atoms with Gasteiger partial charge >= 0.3 is 29.6 Å². The second kappa shape index (κ2) is 13.7. The summed E-state index contributed by atoms with van der Waals surface area (Å²) in [5, 5.41) is 0. The zero-order valence-electron chi connectivity index (χ0n) is 22.9. The molecule has 1 aliphatic rings. The standard InChI is InChI=1S/C27H36N2O6S2.Na/c1-5-28(6-2)22-13-9-20(10-14-22)27(21-11-15-23(16-12-21)29(7-3)8-4)25-18-17-24(36(30,31)32)19-26(25)37(33,34)35;/h9-10,13-14,17-19H,5-8,11-12,15-16H2,1-4H3,(H-,30,31,32,33,34,35);/q;+1/p-1. The predicted octanol–water partition coefficient (Wildman–Crippen LogP) is 1.21. The van der Waals surface area contributed by atoms with Gasteiger partial charge in [-0.2, -0.15) is 0 Å².